The van der Waals surface area contributed by atoms with E-state index in [1.807, 2.05) is 0 Å². The van der Waals surface area contributed by atoms with Gasteiger partial charge in [-0.15, -0.1) is 0 Å². The number of rotatable bonds is 3. The lowest BCUT2D eigenvalue weighted by molar-refractivity contribution is -0.387. The molecule has 2 atom stereocenters. The van der Waals surface area contributed by atoms with E-state index in [0.717, 1.165) is 19.3 Å². The van der Waals surface area contributed by atoms with Crippen LogP contribution in [0.5, 0.6) is 5.88 Å². The van der Waals surface area contributed by atoms with Crippen molar-refractivity contribution in [1.29, 1.82) is 0 Å². The number of hydrogen-bond acceptors (Lipinski definition) is 5. The average Bonchev–Trinajstić information content (AvgIpc) is 2.63. The Kier molecular flexibility index (Phi) is 3.23. The van der Waals surface area contributed by atoms with Gasteiger partial charge in [0.2, 0.25) is 0 Å². The molecular weight excluding hydrogens is 222 g/mol. The lowest BCUT2D eigenvalue weighted by Crippen LogP contribution is -2.19. The Morgan fingerprint density at radius 1 is 1.59 bits per heavy atom. The van der Waals surface area contributed by atoms with Gasteiger partial charge in [0.25, 0.3) is 5.88 Å². The van der Waals surface area contributed by atoms with Gasteiger partial charge in [0.15, 0.2) is 0 Å². The first kappa shape index (κ1) is 11.8. The van der Waals surface area contributed by atoms with E-state index in [1.165, 1.54) is 6.20 Å². The van der Waals surface area contributed by atoms with Gasteiger partial charge < -0.3 is 10.5 Å². The number of aryl methyl sites for hydroxylation is 1. The van der Waals surface area contributed by atoms with Gasteiger partial charge in [-0.1, -0.05) is 0 Å². The highest BCUT2D eigenvalue weighted by Crippen LogP contribution is 2.31. The predicted octanol–water partition coefficient (Wildman–Crippen LogP) is 1.56. The van der Waals surface area contributed by atoms with Crippen molar-refractivity contribution in [3.63, 3.8) is 0 Å². The molecule has 17 heavy (non-hydrogen) atoms. The molecule has 2 unspecified atom stereocenters. The SMILES string of the molecule is Cc1ccnc(OC2CCC(N)C2)c1[N+](=O)[O-]. The zero-order valence-electron chi connectivity index (χ0n) is 9.63. The Labute approximate surface area is 98.9 Å². The van der Waals surface area contributed by atoms with Gasteiger partial charge in [-0.3, -0.25) is 10.1 Å². The van der Waals surface area contributed by atoms with E-state index in [2.05, 4.69) is 4.98 Å². The second-order valence-electron chi connectivity index (χ2n) is 4.35. The van der Waals surface area contributed by atoms with Crippen molar-refractivity contribution in [3.05, 3.63) is 27.9 Å². The van der Waals surface area contributed by atoms with Crippen molar-refractivity contribution in [3.8, 4) is 5.88 Å². The molecule has 0 aromatic carbocycles. The summed E-state index contributed by atoms with van der Waals surface area (Å²) in [5, 5.41) is 10.9. The molecule has 2 N–H and O–H groups in total. The fraction of sp³-hybridized carbons (Fsp3) is 0.545. The van der Waals surface area contributed by atoms with Crippen molar-refractivity contribution in [1.82, 2.24) is 4.98 Å². The molecule has 1 aromatic rings. The molecule has 0 spiro atoms. The zero-order valence-corrected chi connectivity index (χ0v) is 9.63. The maximum absolute atomic E-state index is 10.9. The van der Waals surface area contributed by atoms with Gasteiger partial charge in [-0.2, -0.15) is 0 Å². The number of hydrogen-bond donors (Lipinski definition) is 1. The normalized spacial score (nSPS) is 23.6. The zero-order chi connectivity index (χ0) is 12.4. The molecule has 1 aliphatic rings. The van der Waals surface area contributed by atoms with E-state index in [0.29, 0.717) is 5.56 Å². The molecule has 0 bridgehead atoms. The van der Waals surface area contributed by atoms with Crippen LogP contribution in [0, 0.1) is 17.0 Å². The molecule has 92 valence electrons. The molecule has 1 saturated carbocycles. The summed E-state index contributed by atoms with van der Waals surface area (Å²) in [5.41, 5.74) is 6.28. The molecular formula is C11H15N3O3. The number of nitrogens with zero attached hydrogens (tertiary/aromatic N) is 2. The van der Waals surface area contributed by atoms with E-state index >= 15 is 0 Å². The number of aromatic nitrogens is 1. The van der Waals surface area contributed by atoms with Crippen molar-refractivity contribution >= 4 is 5.69 Å². The first-order chi connectivity index (χ1) is 8.08. The molecule has 1 aliphatic carbocycles. The first-order valence-corrected chi connectivity index (χ1v) is 5.60. The number of nitro groups is 1. The average molecular weight is 237 g/mol. The highest BCUT2D eigenvalue weighted by atomic mass is 16.6. The van der Waals surface area contributed by atoms with Crippen LogP contribution in [-0.2, 0) is 0 Å². The van der Waals surface area contributed by atoms with Crippen molar-refractivity contribution < 1.29 is 9.66 Å². The summed E-state index contributed by atoms with van der Waals surface area (Å²) in [6, 6.07) is 1.73. The van der Waals surface area contributed by atoms with Crippen LogP contribution in [0.1, 0.15) is 24.8 Å². The summed E-state index contributed by atoms with van der Waals surface area (Å²) in [6.45, 7) is 1.67. The topological polar surface area (TPSA) is 91.3 Å². The van der Waals surface area contributed by atoms with Crippen molar-refractivity contribution in [2.75, 3.05) is 0 Å². The Bertz CT molecular complexity index is 436. The molecule has 0 amide bonds. The van der Waals surface area contributed by atoms with Crippen LogP contribution >= 0.6 is 0 Å². The number of pyridine rings is 1. The quantitative estimate of drug-likeness (QED) is 0.636. The largest absolute Gasteiger partial charge is 0.469 e. The minimum absolute atomic E-state index is 0.0482. The predicted molar refractivity (Wildman–Crippen MR) is 61.9 cm³/mol. The van der Waals surface area contributed by atoms with Gasteiger partial charge in [0, 0.05) is 17.8 Å². The number of ether oxygens (including phenoxy) is 1. The summed E-state index contributed by atoms with van der Waals surface area (Å²) in [7, 11) is 0. The van der Waals surface area contributed by atoms with Crippen LogP contribution in [0.25, 0.3) is 0 Å². The second kappa shape index (κ2) is 4.67. The fourth-order valence-electron chi connectivity index (χ4n) is 2.07. The van der Waals surface area contributed by atoms with Gasteiger partial charge in [0.05, 0.1) is 4.92 Å². The van der Waals surface area contributed by atoms with Gasteiger partial charge in [-0.05, 0) is 32.3 Å². The summed E-state index contributed by atoms with van der Waals surface area (Å²) >= 11 is 0. The van der Waals surface area contributed by atoms with E-state index in [4.69, 9.17) is 10.5 Å². The number of nitrogens with two attached hydrogens (primary N) is 1. The smallest absolute Gasteiger partial charge is 0.333 e. The van der Waals surface area contributed by atoms with Crippen LogP contribution in [0.4, 0.5) is 5.69 Å². The monoisotopic (exact) mass is 237 g/mol. The van der Waals surface area contributed by atoms with Gasteiger partial charge in [0.1, 0.15) is 6.10 Å². The summed E-state index contributed by atoms with van der Waals surface area (Å²) in [5.74, 6) is 0.106. The third-order valence-corrected chi connectivity index (χ3v) is 2.98. The molecule has 6 nitrogen and oxygen atoms in total. The third kappa shape index (κ3) is 2.52. The summed E-state index contributed by atoms with van der Waals surface area (Å²) in [6.07, 6.45) is 3.91. The van der Waals surface area contributed by atoms with Crippen LogP contribution < -0.4 is 10.5 Å². The maximum atomic E-state index is 10.9. The van der Waals surface area contributed by atoms with Gasteiger partial charge >= 0.3 is 5.69 Å². The van der Waals surface area contributed by atoms with E-state index in [9.17, 15) is 10.1 Å². The third-order valence-electron chi connectivity index (χ3n) is 2.98. The molecule has 1 fully saturated rings. The minimum Gasteiger partial charge on any atom is -0.469 e. The van der Waals surface area contributed by atoms with E-state index < -0.39 is 4.92 Å². The van der Waals surface area contributed by atoms with Crippen LogP contribution in [-0.4, -0.2) is 22.1 Å². The van der Waals surface area contributed by atoms with Crippen LogP contribution in [0.15, 0.2) is 12.3 Å². The molecule has 0 radical (unpaired) electrons. The Morgan fingerprint density at radius 3 is 2.94 bits per heavy atom. The molecule has 6 heteroatoms. The molecule has 1 aromatic heterocycles. The summed E-state index contributed by atoms with van der Waals surface area (Å²) in [4.78, 5) is 14.4. The molecule has 1 heterocycles. The van der Waals surface area contributed by atoms with E-state index in [-0.39, 0.29) is 23.7 Å². The van der Waals surface area contributed by atoms with E-state index in [1.54, 1.807) is 13.0 Å². The highest BCUT2D eigenvalue weighted by molar-refractivity contribution is 5.47. The van der Waals surface area contributed by atoms with Crippen LogP contribution in [0.2, 0.25) is 0 Å². The summed E-state index contributed by atoms with van der Waals surface area (Å²) < 4.78 is 5.59. The lowest BCUT2D eigenvalue weighted by atomic mass is 10.2. The highest BCUT2D eigenvalue weighted by Gasteiger charge is 2.27. The Hall–Kier alpha value is -1.69. The fourth-order valence-corrected chi connectivity index (χ4v) is 2.07. The van der Waals surface area contributed by atoms with Crippen molar-refractivity contribution in [2.45, 2.75) is 38.3 Å². The second-order valence-corrected chi connectivity index (χ2v) is 4.35. The Balaban J connectivity index is 2.20. The first-order valence-electron chi connectivity index (χ1n) is 5.60. The standard InChI is InChI=1S/C11H15N3O3/c1-7-4-5-13-11(10(7)14(15)16)17-9-3-2-8(12)6-9/h4-5,8-9H,2-3,6,12H2,1H3. The maximum Gasteiger partial charge on any atom is 0.333 e. The molecule has 2 rings (SSSR count). The lowest BCUT2D eigenvalue weighted by Gasteiger charge is -2.12. The molecule has 0 saturated heterocycles. The van der Waals surface area contributed by atoms with Crippen LogP contribution in [0.3, 0.4) is 0 Å². The van der Waals surface area contributed by atoms with Gasteiger partial charge in [-0.25, -0.2) is 4.98 Å². The Morgan fingerprint density at radius 2 is 2.35 bits per heavy atom. The minimum atomic E-state index is -0.452. The molecule has 0 aliphatic heterocycles. The van der Waals surface area contributed by atoms with Crippen molar-refractivity contribution in [2.24, 2.45) is 5.73 Å².